The third kappa shape index (κ3) is 56.8. The summed E-state index contributed by atoms with van der Waals surface area (Å²) >= 11 is 0. The molecule has 0 unspecified atom stereocenters. The van der Waals surface area contributed by atoms with Crippen molar-refractivity contribution < 1.29 is 0 Å². The fourth-order valence-electron chi connectivity index (χ4n) is 6.56. The predicted octanol–water partition coefficient (Wildman–Crippen LogP) is 15.6. The monoisotopic (exact) mass is 972 g/mol. The van der Waals surface area contributed by atoms with E-state index in [1.165, 1.54) is 24.2 Å². The van der Waals surface area contributed by atoms with E-state index in [4.69, 9.17) is 0 Å². The van der Waals surface area contributed by atoms with E-state index < -0.39 is 0 Å². The van der Waals surface area contributed by atoms with Crippen LogP contribution in [0.5, 0.6) is 0 Å². The zero-order valence-corrected chi connectivity index (χ0v) is 52.4. The Labute approximate surface area is 436 Å². The highest BCUT2D eigenvalue weighted by molar-refractivity contribution is 5.46. The Hall–Kier alpha value is -2.00. The zero-order valence-electron chi connectivity index (χ0n) is 52.4. The predicted molar refractivity (Wildman–Crippen MR) is 321 cm³/mol. The lowest BCUT2D eigenvalue weighted by Crippen LogP contribution is -2.36. The molecular weight excluding hydrogens is 843 g/mol. The van der Waals surface area contributed by atoms with E-state index in [-0.39, 0.29) is 0 Å². The van der Waals surface area contributed by atoms with Crippen LogP contribution in [0.2, 0.25) is 0 Å². The topological polar surface area (TPSA) is 49.1 Å². The van der Waals surface area contributed by atoms with Gasteiger partial charge in [-0.05, 0) is 158 Å². The van der Waals surface area contributed by atoms with Gasteiger partial charge in [-0.1, -0.05) is 159 Å². The summed E-state index contributed by atoms with van der Waals surface area (Å²) in [4.78, 5) is 9.64. The molecule has 0 aromatic heterocycles. The lowest BCUT2D eigenvalue weighted by molar-refractivity contribution is 0.166. The molecule has 0 saturated carbocycles. The Morgan fingerprint density at radius 3 is 1.03 bits per heavy atom. The van der Waals surface area contributed by atoms with Crippen LogP contribution >= 0.6 is 0 Å². The van der Waals surface area contributed by atoms with Crippen molar-refractivity contribution in [3.05, 3.63) is 66.2 Å². The Morgan fingerprint density at radius 1 is 0.391 bits per heavy atom. The van der Waals surface area contributed by atoms with Gasteiger partial charge in [0.2, 0.25) is 0 Å². The molecule has 0 aliphatic heterocycles. The van der Waals surface area contributed by atoms with Crippen LogP contribution in [0.1, 0.15) is 206 Å². The van der Waals surface area contributed by atoms with Crippen molar-refractivity contribution in [2.75, 3.05) is 45.2 Å². The van der Waals surface area contributed by atoms with Crippen molar-refractivity contribution in [2.24, 2.45) is 23.7 Å². The van der Waals surface area contributed by atoms with Crippen LogP contribution in [0.3, 0.4) is 0 Å². The summed E-state index contributed by atoms with van der Waals surface area (Å²) < 4.78 is 0. The normalized spacial score (nSPS) is 11.5. The van der Waals surface area contributed by atoms with Crippen molar-refractivity contribution in [3.63, 3.8) is 0 Å². The summed E-state index contributed by atoms with van der Waals surface area (Å²) in [6.45, 7) is 67.7. The summed E-state index contributed by atoms with van der Waals surface area (Å²) in [7, 11) is 4.32. The molecule has 412 valence electrons. The molecule has 0 aliphatic rings. The first kappa shape index (κ1) is 75.9. The summed E-state index contributed by atoms with van der Waals surface area (Å²) in [5.74, 6) is 3.10. The molecule has 0 atom stereocenters. The van der Waals surface area contributed by atoms with Gasteiger partial charge < -0.3 is 30.7 Å². The first-order valence-electron chi connectivity index (χ1n) is 28.0. The smallest absolute Gasteiger partial charge is 0.0368 e. The second-order valence-electron chi connectivity index (χ2n) is 23.8. The van der Waals surface area contributed by atoms with E-state index in [2.05, 4.69) is 304 Å². The molecule has 0 amide bonds. The Bertz CT molecular complexity index is 1250. The van der Waals surface area contributed by atoms with Crippen LogP contribution in [0, 0.1) is 23.7 Å². The van der Waals surface area contributed by atoms with Crippen LogP contribution in [-0.4, -0.2) is 115 Å². The standard InChI is InChI=1S/2C13H21N.2C8H19N.2C7H17N.C6H15N/c1-11(2)14(12(3)4)10-13-8-6-5-7-9-13;1-11(2)10-14(12(3)4)13-8-6-5-7-9-13;1-7(2)6-9(5)8(3)4;1-7(2)5-6-9-8(3)4;1-6(2)8(5)7(3)4;1-6(2)5-8-7(3)4;1-5(2)7-6(3)4/h2*5-9,11-12H,10H2,1-4H3;7-8H,6H2,1-5H3;7-9H,5-6H2,1-4H3;6-7H,1-5H3;6-8H,5H2,1-4H3;5-7H,1-4H3. The molecule has 7 nitrogen and oxygen atoms in total. The molecule has 0 aliphatic carbocycles. The van der Waals surface area contributed by atoms with Gasteiger partial charge >= 0.3 is 0 Å². The fraction of sp³-hybridized carbons (Fsp3) is 0.806. The van der Waals surface area contributed by atoms with E-state index in [9.17, 15) is 0 Å². The summed E-state index contributed by atoms with van der Waals surface area (Å²) in [5, 5.41) is 10.0. The van der Waals surface area contributed by atoms with Gasteiger partial charge in [0, 0.05) is 85.7 Å². The van der Waals surface area contributed by atoms with Crippen LogP contribution in [0.25, 0.3) is 0 Å². The molecule has 3 N–H and O–H groups in total. The minimum absolute atomic E-state index is 0.569. The third-order valence-electron chi connectivity index (χ3n) is 10.8. The van der Waals surface area contributed by atoms with Crippen molar-refractivity contribution in [1.82, 2.24) is 30.7 Å². The maximum Gasteiger partial charge on any atom is 0.0368 e. The zero-order chi connectivity index (χ0) is 55.0. The van der Waals surface area contributed by atoms with Gasteiger partial charge in [-0.15, -0.1) is 0 Å². The number of nitrogens with zero attached hydrogens (tertiary/aromatic N) is 4. The quantitative estimate of drug-likeness (QED) is 0.109. The number of hydrogen-bond donors (Lipinski definition) is 3. The van der Waals surface area contributed by atoms with Gasteiger partial charge in [0.05, 0.1) is 0 Å². The van der Waals surface area contributed by atoms with Gasteiger partial charge in [-0.2, -0.15) is 0 Å². The average molecular weight is 973 g/mol. The first-order chi connectivity index (χ1) is 31.7. The second kappa shape index (κ2) is 47.0. The van der Waals surface area contributed by atoms with Gasteiger partial charge in [0.15, 0.2) is 0 Å². The van der Waals surface area contributed by atoms with Gasteiger partial charge in [0.25, 0.3) is 0 Å². The van der Waals surface area contributed by atoms with E-state index in [1.54, 1.807) is 0 Å². The highest BCUT2D eigenvalue weighted by atomic mass is 15.2. The van der Waals surface area contributed by atoms with E-state index in [0.29, 0.717) is 66.3 Å². The van der Waals surface area contributed by atoms with Crippen molar-refractivity contribution in [1.29, 1.82) is 0 Å². The number of benzene rings is 2. The second-order valence-corrected chi connectivity index (χ2v) is 23.8. The number of anilines is 1. The molecule has 0 fully saturated rings. The average Bonchev–Trinajstić information content (AvgIpc) is 3.21. The van der Waals surface area contributed by atoms with Gasteiger partial charge in [0.1, 0.15) is 0 Å². The van der Waals surface area contributed by atoms with Crippen LogP contribution in [0.4, 0.5) is 5.69 Å². The Balaban J connectivity index is -0.000000235. The third-order valence-corrected chi connectivity index (χ3v) is 10.8. The SMILES string of the molecule is CC(C)CCNC(C)C.CC(C)CN(C)C(C)C.CC(C)CN(c1ccccc1)C(C)C.CC(C)CNC(C)C.CC(C)N(C)C(C)C.CC(C)N(Cc1ccccc1)C(C)C.CC(C)NC(C)C. The lowest BCUT2D eigenvalue weighted by Gasteiger charge is -2.30. The first-order valence-corrected chi connectivity index (χ1v) is 28.0. The van der Waals surface area contributed by atoms with Crippen LogP contribution < -0.4 is 20.9 Å². The minimum atomic E-state index is 0.569. The molecule has 7 heteroatoms. The highest BCUT2D eigenvalue weighted by Gasteiger charge is 2.13. The molecule has 0 bridgehead atoms. The van der Waals surface area contributed by atoms with Gasteiger partial charge in [-0.3, -0.25) is 4.90 Å². The Kier molecular flexibility index (Phi) is 51.8. The number of hydrogen-bond acceptors (Lipinski definition) is 7. The molecular formula is C62H129N7. The lowest BCUT2D eigenvalue weighted by atomic mass is 10.1. The van der Waals surface area contributed by atoms with Crippen LogP contribution in [0.15, 0.2) is 60.7 Å². The molecule has 2 rings (SSSR count). The number of rotatable bonds is 22. The van der Waals surface area contributed by atoms with Gasteiger partial charge in [-0.25, -0.2) is 0 Å². The fourth-order valence-corrected chi connectivity index (χ4v) is 6.56. The molecule has 0 saturated heterocycles. The van der Waals surface area contributed by atoms with Crippen molar-refractivity contribution >= 4 is 5.69 Å². The number of nitrogens with one attached hydrogen (secondary N) is 3. The minimum Gasteiger partial charge on any atom is -0.369 e. The largest absolute Gasteiger partial charge is 0.369 e. The maximum absolute atomic E-state index is 3.38. The molecule has 0 spiro atoms. The van der Waals surface area contributed by atoms with E-state index in [1.807, 2.05) is 0 Å². The summed E-state index contributed by atoms with van der Waals surface area (Å²) in [6, 6.07) is 27.7. The molecule has 0 heterocycles. The summed E-state index contributed by atoms with van der Waals surface area (Å²) in [5.41, 5.74) is 2.73. The van der Waals surface area contributed by atoms with Crippen LogP contribution in [-0.2, 0) is 6.54 Å². The summed E-state index contributed by atoms with van der Waals surface area (Å²) in [6.07, 6.45) is 1.29. The maximum atomic E-state index is 3.38. The molecule has 69 heavy (non-hydrogen) atoms. The van der Waals surface area contributed by atoms with Crippen molar-refractivity contribution in [2.45, 2.75) is 267 Å². The molecule has 2 aromatic carbocycles. The van der Waals surface area contributed by atoms with E-state index >= 15 is 0 Å². The van der Waals surface area contributed by atoms with E-state index in [0.717, 1.165) is 43.9 Å². The molecule has 0 radical (unpaired) electrons. The van der Waals surface area contributed by atoms with Crippen molar-refractivity contribution in [3.8, 4) is 0 Å². The Morgan fingerprint density at radius 2 is 0.797 bits per heavy atom. The number of para-hydroxylation sites is 1. The molecule has 2 aromatic rings. The highest BCUT2D eigenvalue weighted by Crippen LogP contribution is 2.18.